The lowest BCUT2D eigenvalue weighted by atomic mass is 10.2. The van der Waals surface area contributed by atoms with E-state index in [1.54, 1.807) is 30.3 Å². The highest BCUT2D eigenvalue weighted by Gasteiger charge is 2.33. The Bertz CT molecular complexity index is 986. The SMILES string of the molecule is O=C(O)COc1ccc(/C=C2\SC(=S)N(c3ccc([N+](=O)[O-])cc3)C2=O)cc1. The highest BCUT2D eigenvalue weighted by molar-refractivity contribution is 8.27. The molecule has 0 unspecified atom stereocenters. The third-order valence-electron chi connectivity index (χ3n) is 3.65. The van der Waals surface area contributed by atoms with Gasteiger partial charge >= 0.3 is 5.97 Å². The van der Waals surface area contributed by atoms with Crippen LogP contribution in [0, 0.1) is 10.1 Å². The molecular weight excluding hydrogens is 404 g/mol. The zero-order chi connectivity index (χ0) is 20.3. The van der Waals surface area contributed by atoms with Gasteiger partial charge < -0.3 is 9.84 Å². The molecule has 0 bridgehead atoms. The molecule has 2 aromatic carbocycles. The number of thiocarbonyl (C=S) groups is 1. The lowest BCUT2D eigenvalue weighted by molar-refractivity contribution is -0.384. The van der Waals surface area contributed by atoms with Crippen LogP contribution in [0.5, 0.6) is 5.75 Å². The first kappa shape index (κ1) is 19.5. The molecule has 142 valence electrons. The summed E-state index contributed by atoms with van der Waals surface area (Å²) in [7, 11) is 0. The quantitative estimate of drug-likeness (QED) is 0.330. The summed E-state index contributed by atoms with van der Waals surface area (Å²) in [5.41, 5.74) is 1.09. The van der Waals surface area contributed by atoms with E-state index in [-0.39, 0.29) is 11.6 Å². The minimum Gasteiger partial charge on any atom is -0.482 e. The summed E-state index contributed by atoms with van der Waals surface area (Å²) in [4.78, 5) is 35.2. The number of anilines is 1. The minimum atomic E-state index is -1.07. The van der Waals surface area contributed by atoms with Crippen molar-refractivity contribution in [3.63, 3.8) is 0 Å². The fourth-order valence-corrected chi connectivity index (χ4v) is 3.67. The molecule has 0 atom stereocenters. The summed E-state index contributed by atoms with van der Waals surface area (Å²) in [6.07, 6.45) is 1.66. The van der Waals surface area contributed by atoms with E-state index in [0.717, 1.165) is 11.8 Å². The molecule has 0 aliphatic carbocycles. The van der Waals surface area contributed by atoms with Gasteiger partial charge in [-0.05, 0) is 35.9 Å². The van der Waals surface area contributed by atoms with Crippen LogP contribution >= 0.6 is 24.0 Å². The third kappa shape index (κ3) is 4.35. The third-order valence-corrected chi connectivity index (χ3v) is 4.95. The van der Waals surface area contributed by atoms with Crippen molar-refractivity contribution in [2.45, 2.75) is 0 Å². The van der Waals surface area contributed by atoms with Crippen molar-refractivity contribution in [1.82, 2.24) is 0 Å². The van der Waals surface area contributed by atoms with Gasteiger partial charge in [-0.3, -0.25) is 19.8 Å². The normalized spacial score (nSPS) is 15.1. The van der Waals surface area contributed by atoms with Gasteiger partial charge in [0.15, 0.2) is 10.9 Å². The zero-order valence-electron chi connectivity index (χ0n) is 14.1. The molecular formula is C18H12N2O6S2. The lowest BCUT2D eigenvalue weighted by Crippen LogP contribution is -2.27. The number of aliphatic carboxylic acids is 1. The zero-order valence-corrected chi connectivity index (χ0v) is 15.7. The molecule has 10 heteroatoms. The summed E-state index contributed by atoms with van der Waals surface area (Å²) < 4.78 is 5.39. The van der Waals surface area contributed by atoms with Gasteiger partial charge in [-0.15, -0.1) is 0 Å². The van der Waals surface area contributed by atoms with E-state index in [0.29, 0.717) is 26.2 Å². The number of hydrogen-bond acceptors (Lipinski definition) is 7. The summed E-state index contributed by atoms with van der Waals surface area (Å²) in [5.74, 6) is -0.993. The van der Waals surface area contributed by atoms with Gasteiger partial charge in [0.2, 0.25) is 0 Å². The maximum absolute atomic E-state index is 12.7. The van der Waals surface area contributed by atoms with Crippen LogP contribution in [0.2, 0.25) is 0 Å². The van der Waals surface area contributed by atoms with Gasteiger partial charge in [0.1, 0.15) is 5.75 Å². The number of hydrogen-bond donors (Lipinski definition) is 1. The number of nitrogens with zero attached hydrogens (tertiary/aromatic N) is 2. The van der Waals surface area contributed by atoms with Crippen LogP contribution in [0.25, 0.3) is 6.08 Å². The topological polar surface area (TPSA) is 110 Å². The molecule has 1 saturated heterocycles. The first-order valence-electron chi connectivity index (χ1n) is 7.82. The summed E-state index contributed by atoms with van der Waals surface area (Å²) in [6.45, 7) is -0.437. The van der Waals surface area contributed by atoms with Crippen molar-refractivity contribution in [3.8, 4) is 5.75 Å². The second-order valence-electron chi connectivity index (χ2n) is 5.54. The van der Waals surface area contributed by atoms with Crippen molar-refractivity contribution in [2.24, 2.45) is 0 Å². The summed E-state index contributed by atoms with van der Waals surface area (Å²) >= 11 is 6.40. The number of nitro benzene ring substituents is 1. The number of rotatable bonds is 6. The van der Waals surface area contributed by atoms with Gasteiger partial charge in [-0.25, -0.2) is 4.79 Å². The van der Waals surface area contributed by atoms with E-state index in [4.69, 9.17) is 22.1 Å². The number of carbonyl (C=O) groups is 2. The van der Waals surface area contributed by atoms with Crippen molar-refractivity contribution in [2.75, 3.05) is 11.5 Å². The molecule has 0 radical (unpaired) electrons. The van der Waals surface area contributed by atoms with Crippen LogP contribution in [0.3, 0.4) is 0 Å². The second-order valence-corrected chi connectivity index (χ2v) is 7.22. The number of carboxylic acids is 1. The number of carbonyl (C=O) groups excluding carboxylic acids is 1. The molecule has 1 amide bonds. The number of amides is 1. The van der Waals surface area contributed by atoms with Crippen molar-refractivity contribution < 1.29 is 24.4 Å². The monoisotopic (exact) mass is 416 g/mol. The number of ether oxygens (including phenoxy) is 1. The van der Waals surface area contributed by atoms with Gasteiger partial charge in [0.05, 0.1) is 15.5 Å². The van der Waals surface area contributed by atoms with E-state index >= 15 is 0 Å². The number of benzene rings is 2. The van der Waals surface area contributed by atoms with Crippen LogP contribution in [-0.4, -0.2) is 32.8 Å². The predicted molar refractivity (Wildman–Crippen MR) is 108 cm³/mol. The fraction of sp³-hybridized carbons (Fsp3) is 0.0556. The Morgan fingerprint density at radius 1 is 1.21 bits per heavy atom. The van der Waals surface area contributed by atoms with Crippen molar-refractivity contribution >= 4 is 57.6 Å². The first-order chi connectivity index (χ1) is 13.3. The molecule has 28 heavy (non-hydrogen) atoms. The Morgan fingerprint density at radius 3 is 2.43 bits per heavy atom. The van der Waals surface area contributed by atoms with Gasteiger partial charge in [0.25, 0.3) is 11.6 Å². The molecule has 1 N–H and O–H groups in total. The lowest BCUT2D eigenvalue weighted by Gasteiger charge is -2.13. The van der Waals surface area contributed by atoms with Crippen molar-refractivity contribution in [1.29, 1.82) is 0 Å². The van der Waals surface area contributed by atoms with Crippen LogP contribution in [-0.2, 0) is 9.59 Å². The van der Waals surface area contributed by atoms with Gasteiger partial charge in [0, 0.05) is 12.1 Å². The molecule has 1 heterocycles. The van der Waals surface area contributed by atoms with Crippen LogP contribution in [0.1, 0.15) is 5.56 Å². The Morgan fingerprint density at radius 2 is 1.86 bits per heavy atom. The number of non-ortho nitro benzene ring substituents is 1. The standard InChI is InChI=1S/C18H12N2O6S2/c21-16(22)10-26-14-7-1-11(2-8-14)9-15-17(23)19(18(27)28-15)12-3-5-13(6-4-12)20(24)25/h1-9H,10H2,(H,21,22)/b15-9-. The van der Waals surface area contributed by atoms with Crippen molar-refractivity contribution in [3.05, 3.63) is 69.1 Å². The molecule has 3 rings (SSSR count). The molecule has 0 saturated carbocycles. The Labute approximate surface area is 168 Å². The van der Waals surface area contributed by atoms with Crippen LogP contribution in [0.4, 0.5) is 11.4 Å². The van der Waals surface area contributed by atoms with E-state index in [2.05, 4.69) is 0 Å². The number of carboxylic acid groups (broad SMARTS) is 1. The van der Waals surface area contributed by atoms with Gasteiger partial charge in [-0.2, -0.15) is 0 Å². The molecule has 8 nitrogen and oxygen atoms in total. The van der Waals surface area contributed by atoms with E-state index < -0.39 is 17.5 Å². The molecule has 2 aromatic rings. The summed E-state index contributed by atoms with van der Waals surface area (Å²) in [5, 5.41) is 19.4. The van der Waals surface area contributed by atoms with E-state index in [1.807, 2.05) is 0 Å². The molecule has 0 spiro atoms. The largest absolute Gasteiger partial charge is 0.482 e. The van der Waals surface area contributed by atoms with E-state index in [1.165, 1.54) is 29.2 Å². The maximum atomic E-state index is 12.7. The maximum Gasteiger partial charge on any atom is 0.341 e. The highest BCUT2D eigenvalue weighted by Crippen LogP contribution is 2.36. The Hall–Kier alpha value is -3.24. The van der Waals surface area contributed by atoms with E-state index in [9.17, 15) is 19.7 Å². The number of nitro groups is 1. The number of thioether (sulfide) groups is 1. The first-order valence-corrected chi connectivity index (χ1v) is 9.04. The molecule has 1 aliphatic heterocycles. The summed E-state index contributed by atoms with van der Waals surface area (Å²) in [6, 6.07) is 12.2. The smallest absolute Gasteiger partial charge is 0.341 e. The second kappa shape index (κ2) is 8.19. The van der Waals surface area contributed by atoms with Crippen LogP contribution in [0.15, 0.2) is 53.4 Å². The molecule has 1 aliphatic rings. The Kier molecular flexibility index (Phi) is 5.71. The van der Waals surface area contributed by atoms with Gasteiger partial charge in [-0.1, -0.05) is 36.1 Å². The van der Waals surface area contributed by atoms with Crippen LogP contribution < -0.4 is 9.64 Å². The molecule has 0 aromatic heterocycles. The average Bonchev–Trinajstić information content (AvgIpc) is 2.94. The fourth-order valence-electron chi connectivity index (χ4n) is 2.37. The highest BCUT2D eigenvalue weighted by atomic mass is 32.2. The average molecular weight is 416 g/mol. The minimum absolute atomic E-state index is 0.0741. The molecule has 1 fully saturated rings. The Balaban J connectivity index is 1.77. The predicted octanol–water partition coefficient (Wildman–Crippen LogP) is 3.46.